The summed E-state index contributed by atoms with van der Waals surface area (Å²) < 4.78 is 24.5. The average Bonchev–Trinajstić information content (AvgIpc) is 2.48. The highest BCUT2D eigenvalue weighted by Crippen LogP contribution is 2.55. The lowest BCUT2D eigenvalue weighted by Crippen LogP contribution is -2.23. The highest BCUT2D eigenvalue weighted by atomic mass is 31.2. The Morgan fingerprint density at radius 2 is 1.29 bits per heavy atom. The minimum atomic E-state index is -3.74. The third-order valence-corrected chi connectivity index (χ3v) is 6.32. The van der Waals surface area contributed by atoms with Gasteiger partial charge in [-0.25, -0.2) is 0 Å². The molecule has 21 heavy (non-hydrogen) atoms. The smallest absolute Gasteiger partial charge is 0.300 e. The fraction of sp³-hybridized carbons (Fsp3) is 0.812. The van der Waals surface area contributed by atoms with Gasteiger partial charge in [-0.1, -0.05) is 45.1 Å². The third kappa shape index (κ3) is 4.77. The van der Waals surface area contributed by atoms with Crippen molar-refractivity contribution < 1.29 is 18.4 Å². The highest BCUT2D eigenvalue weighted by Gasteiger charge is 2.40. The third-order valence-electron chi connectivity index (χ3n) is 4.29. The molecule has 0 bridgehead atoms. The first-order valence-electron chi connectivity index (χ1n) is 8.18. The zero-order chi connectivity index (χ0) is 15.3. The van der Waals surface area contributed by atoms with Crippen molar-refractivity contribution in [2.24, 2.45) is 0 Å². The SMILES string of the molecule is C=C(C)C(=O)P(=O)(OC1CCCCC1)OC1CCCCC1. The molecule has 0 aromatic carbocycles. The monoisotopic (exact) mass is 314 g/mol. The molecule has 0 saturated heterocycles. The first-order chi connectivity index (χ1) is 10.0. The Balaban J connectivity index is 2.06. The van der Waals surface area contributed by atoms with Gasteiger partial charge in [0, 0.05) is 0 Å². The van der Waals surface area contributed by atoms with Crippen LogP contribution in [0, 0.1) is 0 Å². The van der Waals surface area contributed by atoms with Crippen molar-refractivity contribution in [1.29, 1.82) is 0 Å². The van der Waals surface area contributed by atoms with E-state index in [4.69, 9.17) is 9.05 Å². The predicted octanol–water partition coefficient (Wildman–Crippen LogP) is 4.98. The highest BCUT2D eigenvalue weighted by molar-refractivity contribution is 7.72. The van der Waals surface area contributed by atoms with Crippen LogP contribution in [-0.4, -0.2) is 17.7 Å². The lowest BCUT2D eigenvalue weighted by Gasteiger charge is -2.30. The molecule has 0 aromatic rings. The molecule has 2 fully saturated rings. The minimum absolute atomic E-state index is 0.114. The van der Waals surface area contributed by atoms with Crippen LogP contribution in [0.25, 0.3) is 0 Å². The maximum atomic E-state index is 13.0. The van der Waals surface area contributed by atoms with Crippen molar-refractivity contribution in [2.45, 2.75) is 83.3 Å². The van der Waals surface area contributed by atoms with Crippen molar-refractivity contribution >= 4 is 13.1 Å². The van der Waals surface area contributed by atoms with Crippen LogP contribution in [0.1, 0.15) is 71.1 Å². The van der Waals surface area contributed by atoms with Gasteiger partial charge in [-0.2, -0.15) is 0 Å². The molecule has 0 heterocycles. The van der Waals surface area contributed by atoms with Crippen LogP contribution in [0.15, 0.2) is 12.2 Å². The summed E-state index contributed by atoms with van der Waals surface area (Å²) in [5.74, 6) is 0. The van der Waals surface area contributed by atoms with Crippen LogP contribution in [0.2, 0.25) is 0 Å². The van der Waals surface area contributed by atoms with E-state index in [0.29, 0.717) is 0 Å². The van der Waals surface area contributed by atoms with Crippen LogP contribution in [0.4, 0.5) is 0 Å². The minimum Gasteiger partial charge on any atom is -0.300 e. The molecule has 0 atom stereocenters. The maximum Gasteiger partial charge on any atom is 0.401 e. The van der Waals surface area contributed by atoms with Crippen molar-refractivity contribution in [1.82, 2.24) is 0 Å². The van der Waals surface area contributed by atoms with Gasteiger partial charge in [-0.15, -0.1) is 0 Å². The molecular weight excluding hydrogens is 287 g/mol. The summed E-state index contributed by atoms with van der Waals surface area (Å²) >= 11 is 0. The van der Waals surface area contributed by atoms with Crippen LogP contribution >= 0.6 is 7.60 Å². The largest absolute Gasteiger partial charge is 0.401 e. The molecule has 2 saturated carbocycles. The van der Waals surface area contributed by atoms with E-state index in [-0.39, 0.29) is 17.8 Å². The Hall–Kier alpha value is -0.440. The summed E-state index contributed by atoms with van der Waals surface area (Å²) in [6, 6.07) is 0. The quantitative estimate of drug-likeness (QED) is 0.512. The molecule has 5 heteroatoms. The van der Waals surface area contributed by atoms with E-state index in [1.807, 2.05) is 0 Å². The van der Waals surface area contributed by atoms with Gasteiger partial charge in [0.25, 0.3) is 5.52 Å². The fourth-order valence-electron chi connectivity index (χ4n) is 3.09. The molecule has 0 spiro atoms. The van der Waals surface area contributed by atoms with Gasteiger partial charge in [0.2, 0.25) is 0 Å². The molecule has 2 rings (SSSR count). The summed E-state index contributed by atoms with van der Waals surface area (Å²) in [4.78, 5) is 12.3. The second-order valence-electron chi connectivity index (χ2n) is 6.31. The maximum absolute atomic E-state index is 13.0. The summed E-state index contributed by atoms with van der Waals surface area (Å²) in [6.07, 6.45) is 9.85. The summed E-state index contributed by atoms with van der Waals surface area (Å²) in [5, 5.41) is 0. The zero-order valence-electron chi connectivity index (χ0n) is 13.0. The van der Waals surface area contributed by atoms with E-state index < -0.39 is 13.1 Å². The number of hydrogen-bond donors (Lipinski definition) is 0. The van der Waals surface area contributed by atoms with Gasteiger partial charge >= 0.3 is 7.60 Å². The molecular formula is C16H27O4P. The molecule has 0 unspecified atom stereocenters. The van der Waals surface area contributed by atoms with Gasteiger partial charge < -0.3 is 0 Å². The molecule has 0 radical (unpaired) electrons. The summed E-state index contributed by atoms with van der Waals surface area (Å²) in [6.45, 7) is 5.20. The van der Waals surface area contributed by atoms with Gasteiger partial charge in [-0.05, 0) is 38.2 Å². The molecule has 0 N–H and O–H groups in total. The van der Waals surface area contributed by atoms with Crippen LogP contribution < -0.4 is 0 Å². The van der Waals surface area contributed by atoms with Crippen LogP contribution in [0.3, 0.4) is 0 Å². The zero-order valence-corrected chi connectivity index (χ0v) is 13.9. The van der Waals surface area contributed by atoms with Crippen LogP contribution in [0.5, 0.6) is 0 Å². The molecule has 0 amide bonds. The average molecular weight is 314 g/mol. The molecule has 0 aliphatic heterocycles. The molecule has 2 aliphatic carbocycles. The Morgan fingerprint density at radius 1 is 0.905 bits per heavy atom. The normalized spacial score (nSPS) is 22.1. The lowest BCUT2D eigenvalue weighted by molar-refractivity contribution is -0.111. The Bertz CT molecular complexity index is 396. The Morgan fingerprint density at radius 3 is 1.62 bits per heavy atom. The number of carbonyl (C=O) groups is 1. The standard InChI is InChI=1S/C16H27O4P/c1-13(2)16(17)21(18,19-14-9-5-3-6-10-14)20-15-11-7-4-8-12-15/h14-15H,1,3-12H2,2H3. The van der Waals surface area contributed by atoms with Gasteiger partial charge in [0.15, 0.2) is 0 Å². The van der Waals surface area contributed by atoms with E-state index in [9.17, 15) is 9.36 Å². The fourth-order valence-corrected chi connectivity index (χ4v) is 5.00. The van der Waals surface area contributed by atoms with E-state index in [0.717, 1.165) is 51.4 Å². The van der Waals surface area contributed by atoms with Gasteiger partial charge in [-0.3, -0.25) is 18.4 Å². The topological polar surface area (TPSA) is 52.6 Å². The Kier molecular flexibility index (Phi) is 6.21. The van der Waals surface area contributed by atoms with E-state index in [1.54, 1.807) is 6.92 Å². The summed E-state index contributed by atoms with van der Waals surface area (Å²) in [5.41, 5.74) is -0.288. The van der Waals surface area contributed by atoms with Crippen molar-refractivity contribution in [3.8, 4) is 0 Å². The molecule has 4 nitrogen and oxygen atoms in total. The van der Waals surface area contributed by atoms with Crippen molar-refractivity contribution in [2.75, 3.05) is 0 Å². The van der Waals surface area contributed by atoms with E-state index in [1.165, 1.54) is 12.8 Å². The van der Waals surface area contributed by atoms with E-state index in [2.05, 4.69) is 6.58 Å². The van der Waals surface area contributed by atoms with Crippen molar-refractivity contribution in [3.05, 3.63) is 12.2 Å². The van der Waals surface area contributed by atoms with Gasteiger partial charge in [0.1, 0.15) is 0 Å². The number of hydrogen-bond acceptors (Lipinski definition) is 4. The number of carbonyl (C=O) groups excluding carboxylic acids is 1. The second kappa shape index (κ2) is 7.71. The molecule has 2 aliphatic rings. The molecule has 120 valence electrons. The first kappa shape index (κ1) is 16.9. The van der Waals surface area contributed by atoms with E-state index >= 15 is 0 Å². The first-order valence-corrected chi connectivity index (χ1v) is 9.73. The predicted molar refractivity (Wildman–Crippen MR) is 83.3 cm³/mol. The second-order valence-corrected chi connectivity index (χ2v) is 8.14. The summed E-state index contributed by atoms with van der Waals surface area (Å²) in [7, 11) is -3.74. The number of allylic oxidation sites excluding steroid dienone is 1. The van der Waals surface area contributed by atoms with Crippen molar-refractivity contribution in [3.63, 3.8) is 0 Å². The van der Waals surface area contributed by atoms with Crippen LogP contribution in [-0.2, 0) is 18.4 Å². The number of rotatable bonds is 6. The van der Waals surface area contributed by atoms with Gasteiger partial charge in [0.05, 0.1) is 12.2 Å². The lowest BCUT2D eigenvalue weighted by atomic mass is 9.98. The molecule has 0 aromatic heterocycles. The Labute approximate surface area is 127 Å².